The zero-order valence-electron chi connectivity index (χ0n) is 11.5. The molecule has 0 heterocycles. The van der Waals surface area contributed by atoms with Gasteiger partial charge in [-0.05, 0) is 27.1 Å². The van der Waals surface area contributed by atoms with Gasteiger partial charge in [0.15, 0.2) is 6.29 Å². The van der Waals surface area contributed by atoms with E-state index < -0.39 is 18.1 Å². The molecule has 106 valence electrons. The maximum absolute atomic E-state index is 11.4. The normalized spacial score (nSPS) is 10.8. The lowest BCUT2D eigenvalue weighted by Crippen LogP contribution is -2.43. The van der Waals surface area contributed by atoms with Crippen LogP contribution in [0, 0.1) is 0 Å². The largest absolute Gasteiger partial charge is 0.354 e. The lowest BCUT2D eigenvalue weighted by molar-refractivity contribution is -0.141. The van der Waals surface area contributed by atoms with E-state index in [9.17, 15) is 9.59 Å². The Hall–Kier alpha value is -1.18. The van der Waals surface area contributed by atoms with Crippen LogP contribution in [-0.4, -0.2) is 71.0 Å². The Kier molecular flexibility index (Phi) is 9.17. The minimum atomic E-state index is -0.682. The molecule has 18 heavy (non-hydrogen) atoms. The average molecular weight is 261 g/mol. The van der Waals surface area contributed by atoms with Gasteiger partial charge in [-0.25, -0.2) is 0 Å². The van der Waals surface area contributed by atoms with E-state index in [0.717, 1.165) is 13.0 Å². The number of nitrogens with zero attached hydrogens (tertiary/aromatic N) is 1. The molecule has 0 unspecified atom stereocenters. The predicted octanol–water partition coefficient (Wildman–Crippen LogP) is -1.21. The minimum absolute atomic E-state index is 0.136. The Labute approximate surface area is 108 Å². The van der Waals surface area contributed by atoms with E-state index >= 15 is 0 Å². The van der Waals surface area contributed by atoms with E-state index in [1.807, 2.05) is 19.0 Å². The van der Waals surface area contributed by atoms with Crippen molar-refractivity contribution in [3.8, 4) is 0 Å². The summed E-state index contributed by atoms with van der Waals surface area (Å²) in [5.41, 5.74) is 0. The molecule has 0 radical (unpaired) electrons. The second kappa shape index (κ2) is 9.81. The number of carbonyl (C=O) groups excluding carboxylic acids is 2. The van der Waals surface area contributed by atoms with Gasteiger partial charge in [0.05, 0.1) is 6.54 Å². The maximum atomic E-state index is 11.4. The van der Waals surface area contributed by atoms with Gasteiger partial charge in [0, 0.05) is 20.8 Å². The Morgan fingerprint density at radius 2 is 1.67 bits per heavy atom. The van der Waals surface area contributed by atoms with Crippen molar-refractivity contribution >= 4 is 11.8 Å². The Morgan fingerprint density at radius 1 is 1.11 bits per heavy atom. The number of hydrogen-bond acceptors (Lipinski definition) is 5. The highest BCUT2D eigenvalue weighted by atomic mass is 16.7. The molecule has 0 fully saturated rings. The van der Waals surface area contributed by atoms with Crippen LogP contribution in [0.5, 0.6) is 0 Å². The fraction of sp³-hybridized carbons (Fsp3) is 0.818. The third-order valence-electron chi connectivity index (χ3n) is 2.23. The first kappa shape index (κ1) is 16.8. The van der Waals surface area contributed by atoms with Gasteiger partial charge < -0.3 is 25.0 Å². The molecule has 0 aliphatic carbocycles. The first-order valence-corrected chi connectivity index (χ1v) is 5.77. The zero-order chi connectivity index (χ0) is 14.0. The van der Waals surface area contributed by atoms with Crippen LogP contribution in [0.4, 0.5) is 0 Å². The summed E-state index contributed by atoms with van der Waals surface area (Å²) in [5.74, 6) is -1.32. The molecule has 7 heteroatoms. The van der Waals surface area contributed by atoms with Crippen molar-refractivity contribution in [2.24, 2.45) is 0 Å². The number of rotatable bonds is 8. The molecule has 0 bridgehead atoms. The summed E-state index contributed by atoms with van der Waals surface area (Å²) in [6.07, 6.45) is 0.251. The second-order valence-corrected chi connectivity index (χ2v) is 4.02. The third-order valence-corrected chi connectivity index (χ3v) is 2.23. The lowest BCUT2D eigenvalue weighted by Gasteiger charge is -2.14. The van der Waals surface area contributed by atoms with Crippen molar-refractivity contribution in [3.05, 3.63) is 0 Å². The number of ether oxygens (including phenoxy) is 2. The molecule has 2 amide bonds. The summed E-state index contributed by atoms with van der Waals surface area (Å²) in [7, 11) is 6.82. The Balaban J connectivity index is 3.73. The number of nitrogens with one attached hydrogen (secondary N) is 2. The molecule has 0 spiro atoms. The molecule has 7 nitrogen and oxygen atoms in total. The summed E-state index contributed by atoms with van der Waals surface area (Å²) < 4.78 is 9.76. The number of methoxy groups -OCH3 is 2. The molecule has 0 aromatic rings. The zero-order valence-corrected chi connectivity index (χ0v) is 11.5. The van der Waals surface area contributed by atoms with Crippen LogP contribution < -0.4 is 10.6 Å². The van der Waals surface area contributed by atoms with Crippen LogP contribution in [0.15, 0.2) is 0 Å². The standard InChI is InChI=1S/C11H23N3O4/c1-14(2)7-5-6-12-10(15)11(16)13-8-9(17-3)18-4/h9H,5-8H2,1-4H3,(H,12,15)(H,13,16). The van der Waals surface area contributed by atoms with Gasteiger partial charge in [0.1, 0.15) is 0 Å². The summed E-state index contributed by atoms with van der Waals surface area (Å²) in [6.45, 7) is 1.47. The molecule has 0 saturated heterocycles. The van der Waals surface area contributed by atoms with Gasteiger partial charge >= 0.3 is 11.8 Å². The van der Waals surface area contributed by atoms with Crippen molar-refractivity contribution < 1.29 is 19.1 Å². The minimum Gasteiger partial charge on any atom is -0.354 e. The molecule has 0 atom stereocenters. The van der Waals surface area contributed by atoms with Crippen molar-refractivity contribution in [3.63, 3.8) is 0 Å². The van der Waals surface area contributed by atoms with Gasteiger partial charge in [-0.15, -0.1) is 0 Å². The molecular weight excluding hydrogens is 238 g/mol. The van der Waals surface area contributed by atoms with Gasteiger partial charge in [-0.2, -0.15) is 0 Å². The maximum Gasteiger partial charge on any atom is 0.309 e. The SMILES string of the molecule is COC(CNC(=O)C(=O)NCCCN(C)C)OC. The molecule has 0 rings (SSSR count). The summed E-state index contributed by atoms with van der Waals surface area (Å²) >= 11 is 0. The molecule has 0 aliphatic rings. The summed E-state index contributed by atoms with van der Waals surface area (Å²) in [4.78, 5) is 24.7. The average Bonchev–Trinajstić information content (AvgIpc) is 2.35. The third kappa shape index (κ3) is 7.99. The Morgan fingerprint density at radius 3 is 2.17 bits per heavy atom. The quantitative estimate of drug-likeness (QED) is 0.325. The smallest absolute Gasteiger partial charge is 0.309 e. The number of hydrogen-bond donors (Lipinski definition) is 2. The van der Waals surface area contributed by atoms with Crippen LogP contribution in [0.1, 0.15) is 6.42 Å². The van der Waals surface area contributed by atoms with Crippen LogP contribution in [0.25, 0.3) is 0 Å². The molecule has 0 aliphatic heterocycles. The van der Waals surface area contributed by atoms with E-state index in [2.05, 4.69) is 10.6 Å². The van der Waals surface area contributed by atoms with Crippen molar-refractivity contribution in [1.82, 2.24) is 15.5 Å². The van der Waals surface area contributed by atoms with E-state index in [4.69, 9.17) is 9.47 Å². The highest BCUT2D eigenvalue weighted by molar-refractivity contribution is 6.35. The lowest BCUT2D eigenvalue weighted by atomic mass is 10.4. The van der Waals surface area contributed by atoms with E-state index in [-0.39, 0.29) is 6.54 Å². The number of carbonyl (C=O) groups is 2. The van der Waals surface area contributed by atoms with Gasteiger partial charge in [0.2, 0.25) is 0 Å². The van der Waals surface area contributed by atoms with E-state index in [1.54, 1.807) is 0 Å². The molecule has 0 aromatic heterocycles. The van der Waals surface area contributed by atoms with Crippen molar-refractivity contribution in [2.45, 2.75) is 12.7 Å². The monoisotopic (exact) mass is 261 g/mol. The highest BCUT2D eigenvalue weighted by Crippen LogP contribution is 1.87. The first-order valence-electron chi connectivity index (χ1n) is 5.77. The van der Waals surface area contributed by atoms with Crippen LogP contribution >= 0.6 is 0 Å². The molecule has 0 saturated carbocycles. The van der Waals surface area contributed by atoms with Crippen molar-refractivity contribution in [1.29, 1.82) is 0 Å². The van der Waals surface area contributed by atoms with Crippen LogP contribution in [-0.2, 0) is 19.1 Å². The fourth-order valence-electron chi connectivity index (χ4n) is 1.20. The van der Waals surface area contributed by atoms with E-state index in [0.29, 0.717) is 6.54 Å². The van der Waals surface area contributed by atoms with Gasteiger partial charge in [-0.3, -0.25) is 9.59 Å². The predicted molar refractivity (Wildman–Crippen MR) is 67.0 cm³/mol. The Bertz CT molecular complexity index is 255. The first-order chi connectivity index (χ1) is 8.51. The van der Waals surface area contributed by atoms with Crippen molar-refractivity contribution in [2.75, 3.05) is 47.9 Å². The van der Waals surface area contributed by atoms with Crippen LogP contribution in [0.2, 0.25) is 0 Å². The second-order valence-electron chi connectivity index (χ2n) is 4.02. The van der Waals surface area contributed by atoms with Gasteiger partial charge in [0.25, 0.3) is 0 Å². The molecule has 0 aromatic carbocycles. The van der Waals surface area contributed by atoms with Crippen LogP contribution in [0.3, 0.4) is 0 Å². The molecule has 2 N–H and O–H groups in total. The fourth-order valence-corrected chi connectivity index (χ4v) is 1.20. The summed E-state index contributed by atoms with van der Waals surface area (Å²) in [5, 5.41) is 4.96. The van der Waals surface area contributed by atoms with Gasteiger partial charge in [-0.1, -0.05) is 0 Å². The number of amides is 2. The molecular formula is C11H23N3O4. The summed E-state index contributed by atoms with van der Waals surface area (Å²) in [6, 6.07) is 0. The van der Waals surface area contributed by atoms with E-state index in [1.165, 1.54) is 14.2 Å². The topological polar surface area (TPSA) is 79.9 Å². The highest BCUT2D eigenvalue weighted by Gasteiger charge is 2.14.